The normalized spacial score (nSPS) is 18.0. The van der Waals surface area contributed by atoms with Crippen molar-refractivity contribution in [3.8, 4) is 0 Å². The van der Waals surface area contributed by atoms with Crippen molar-refractivity contribution in [3.63, 3.8) is 0 Å². The van der Waals surface area contributed by atoms with E-state index in [9.17, 15) is 27.6 Å². The number of halogens is 3. The number of carbonyl (C=O) groups is 3. The monoisotopic (exact) mass is 454 g/mol. The smallest absolute Gasteiger partial charge is 0.337 e. The largest absolute Gasteiger partial charge is 0.416 e. The van der Waals surface area contributed by atoms with E-state index >= 15 is 0 Å². The summed E-state index contributed by atoms with van der Waals surface area (Å²) in [4.78, 5) is 42.5. The van der Waals surface area contributed by atoms with Crippen LogP contribution in [0.15, 0.2) is 24.3 Å². The van der Waals surface area contributed by atoms with Crippen LogP contribution in [-0.4, -0.2) is 71.8 Å². The molecule has 1 spiro atoms. The molecular formula is C22H29F3N4O3. The summed E-state index contributed by atoms with van der Waals surface area (Å²) in [6.07, 6.45) is -1.60. The van der Waals surface area contributed by atoms with Crippen LogP contribution in [0.25, 0.3) is 0 Å². The van der Waals surface area contributed by atoms with Crippen LogP contribution >= 0.6 is 0 Å². The van der Waals surface area contributed by atoms with Gasteiger partial charge in [0.2, 0.25) is 5.91 Å². The Balaban J connectivity index is 1.67. The summed E-state index contributed by atoms with van der Waals surface area (Å²) in [5, 5.41) is 2.78. The zero-order valence-electron chi connectivity index (χ0n) is 18.4. The Kier molecular flexibility index (Phi) is 7.12. The third-order valence-electron chi connectivity index (χ3n) is 6.05. The van der Waals surface area contributed by atoms with E-state index in [2.05, 4.69) is 5.32 Å². The van der Waals surface area contributed by atoms with Gasteiger partial charge in [0.15, 0.2) is 0 Å². The number of imide groups is 1. The van der Waals surface area contributed by atoms with Crippen molar-refractivity contribution in [1.82, 2.24) is 20.0 Å². The molecule has 1 aromatic carbocycles. The van der Waals surface area contributed by atoms with Crippen LogP contribution in [0, 0.1) is 0 Å². The molecule has 32 heavy (non-hydrogen) atoms. The first-order valence-electron chi connectivity index (χ1n) is 10.7. The molecule has 1 heterocycles. The van der Waals surface area contributed by atoms with Gasteiger partial charge in [0.1, 0.15) is 5.54 Å². The van der Waals surface area contributed by atoms with Gasteiger partial charge < -0.3 is 15.1 Å². The number of urea groups is 1. The lowest BCUT2D eigenvalue weighted by molar-refractivity contribution is -0.137. The Bertz CT molecular complexity index is 866. The summed E-state index contributed by atoms with van der Waals surface area (Å²) in [6, 6.07) is 4.42. The van der Waals surface area contributed by atoms with E-state index < -0.39 is 23.3 Å². The molecule has 3 rings (SSSR count). The maximum absolute atomic E-state index is 13.0. The summed E-state index contributed by atoms with van der Waals surface area (Å²) in [5.41, 5.74) is -1.23. The van der Waals surface area contributed by atoms with Gasteiger partial charge in [-0.3, -0.25) is 14.5 Å². The highest BCUT2D eigenvalue weighted by atomic mass is 19.4. The molecule has 1 N–H and O–H groups in total. The van der Waals surface area contributed by atoms with E-state index in [4.69, 9.17) is 0 Å². The van der Waals surface area contributed by atoms with Crippen LogP contribution in [0.3, 0.4) is 0 Å². The lowest BCUT2D eigenvalue weighted by Crippen LogP contribution is -2.44. The summed E-state index contributed by atoms with van der Waals surface area (Å²) >= 11 is 0. The van der Waals surface area contributed by atoms with Crippen molar-refractivity contribution >= 4 is 17.8 Å². The molecule has 1 saturated heterocycles. The maximum Gasteiger partial charge on any atom is 0.416 e. The Labute approximate surface area is 185 Å². The van der Waals surface area contributed by atoms with Crippen LogP contribution in [0.1, 0.15) is 43.2 Å². The minimum atomic E-state index is -4.46. The lowest BCUT2D eigenvalue weighted by atomic mass is 9.98. The predicted molar refractivity (Wildman–Crippen MR) is 111 cm³/mol. The standard InChI is InChI=1S/C22H29F3N4O3/c1-27(2)12-13-28(15-16-6-5-7-17(14-16)22(23,24)25)18(30)8-11-29-19(31)21(26-20(29)32)9-3-4-10-21/h5-7,14H,3-4,8-13,15H2,1-2H3,(H,26,32). The van der Waals surface area contributed by atoms with Crippen LogP contribution < -0.4 is 5.32 Å². The molecule has 10 heteroatoms. The van der Waals surface area contributed by atoms with Gasteiger partial charge in [0.05, 0.1) is 5.56 Å². The fraction of sp³-hybridized carbons (Fsp3) is 0.591. The summed E-state index contributed by atoms with van der Waals surface area (Å²) in [6.45, 7) is 0.802. The van der Waals surface area contributed by atoms with E-state index in [1.165, 1.54) is 11.0 Å². The SMILES string of the molecule is CN(C)CCN(Cc1cccc(C(F)(F)F)c1)C(=O)CCN1C(=O)NC2(CCCC2)C1=O. The Morgan fingerprint density at radius 3 is 2.47 bits per heavy atom. The highest BCUT2D eigenvalue weighted by Crippen LogP contribution is 2.35. The van der Waals surface area contributed by atoms with Crippen LogP contribution in [0.2, 0.25) is 0 Å². The number of alkyl halides is 3. The van der Waals surface area contributed by atoms with E-state index in [0.717, 1.165) is 29.9 Å². The number of rotatable bonds is 8. The number of carbonyl (C=O) groups excluding carboxylic acids is 3. The predicted octanol–water partition coefficient (Wildman–Crippen LogP) is 2.85. The molecule has 0 radical (unpaired) electrons. The molecule has 4 amide bonds. The van der Waals surface area contributed by atoms with Gasteiger partial charge in [-0.2, -0.15) is 13.2 Å². The van der Waals surface area contributed by atoms with E-state index in [0.29, 0.717) is 31.5 Å². The first-order chi connectivity index (χ1) is 15.0. The van der Waals surface area contributed by atoms with Crippen molar-refractivity contribution in [2.45, 2.75) is 50.4 Å². The van der Waals surface area contributed by atoms with Crippen molar-refractivity contribution in [3.05, 3.63) is 35.4 Å². The van der Waals surface area contributed by atoms with Crippen molar-refractivity contribution in [2.75, 3.05) is 33.7 Å². The van der Waals surface area contributed by atoms with Crippen molar-refractivity contribution < 1.29 is 27.6 Å². The second-order valence-corrected chi connectivity index (χ2v) is 8.74. The number of hydrogen-bond donors (Lipinski definition) is 1. The third-order valence-corrected chi connectivity index (χ3v) is 6.05. The topological polar surface area (TPSA) is 73.0 Å². The van der Waals surface area contributed by atoms with Gasteiger partial charge in [0.25, 0.3) is 5.91 Å². The average Bonchev–Trinajstić information content (AvgIpc) is 3.28. The molecule has 0 unspecified atom stereocenters. The van der Waals surface area contributed by atoms with Gasteiger partial charge in [-0.05, 0) is 44.6 Å². The number of amides is 4. The molecule has 0 atom stereocenters. The fourth-order valence-electron chi connectivity index (χ4n) is 4.24. The van der Waals surface area contributed by atoms with Crippen LogP contribution in [0.5, 0.6) is 0 Å². The first kappa shape index (κ1) is 24.0. The Hall–Kier alpha value is -2.62. The highest BCUT2D eigenvalue weighted by molar-refractivity contribution is 6.07. The zero-order chi connectivity index (χ0) is 23.5. The minimum absolute atomic E-state index is 0.0146. The van der Waals surface area contributed by atoms with Gasteiger partial charge in [-0.15, -0.1) is 0 Å². The summed E-state index contributed by atoms with van der Waals surface area (Å²) in [7, 11) is 3.67. The second-order valence-electron chi connectivity index (χ2n) is 8.74. The van der Waals surface area contributed by atoms with E-state index in [1.54, 1.807) is 6.07 Å². The summed E-state index contributed by atoms with van der Waals surface area (Å²) in [5.74, 6) is -0.609. The van der Waals surface area contributed by atoms with Gasteiger partial charge in [-0.25, -0.2) is 4.79 Å². The Morgan fingerprint density at radius 1 is 1.16 bits per heavy atom. The van der Waals surface area contributed by atoms with E-state index in [-0.39, 0.29) is 31.3 Å². The average molecular weight is 454 g/mol. The lowest BCUT2D eigenvalue weighted by Gasteiger charge is -2.26. The molecule has 0 bridgehead atoms. The Morgan fingerprint density at radius 2 is 1.84 bits per heavy atom. The molecule has 1 saturated carbocycles. The molecule has 2 aliphatic rings. The van der Waals surface area contributed by atoms with Gasteiger partial charge in [0, 0.05) is 32.6 Å². The quantitative estimate of drug-likeness (QED) is 0.613. The molecule has 1 aromatic rings. The maximum atomic E-state index is 13.0. The number of benzene rings is 1. The number of hydrogen-bond acceptors (Lipinski definition) is 4. The van der Waals surface area contributed by atoms with Crippen LogP contribution in [-0.2, 0) is 22.3 Å². The zero-order valence-corrected chi connectivity index (χ0v) is 18.4. The number of nitrogens with one attached hydrogen (secondary N) is 1. The molecule has 2 fully saturated rings. The van der Waals surface area contributed by atoms with Crippen LogP contribution in [0.4, 0.5) is 18.0 Å². The summed E-state index contributed by atoms with van der Waals surface area (Å²) < 4.78 is 39.1. The third kappa shape index (κ3) is 5.40. The second kappa shape index (κ2) is 9.48. The molecular weight excluding hydrogens is 425 g/mol. The van der Waals surface area contributed by atoms with Gasteiger partial charge >= 0.3 is 12.2 Å². The molecule has 1 aliphatic carbocycles. The van der Waals surface area contributed by atoms with Gasteiger partial charge in [-0.1, -0.05) is 25.0 Å². The highest BCUT2D eigenvalue weighted by Gasteiger charge is 2.52. The van der Waals surface area contributed by atoms with Crippen molar-refractivity contribution in [1.29, 1.82) is 0 Å². The molecule has 0 aromatic heterocycles. The molecule has 1 aliphatic heterocycles. The molecule has 176 valence electrons. The molecule has 7 nitrogen and oxygen atoms in total. The number of likely N-dealkylation sites (N-methyl/N-ethyl adjacent to an activating group) is 1. The fourth-order valence-corrected chi connectivity index (χ4v) is 4.24. The number of nitrogens with zero attached hydrogens (tertiary/aromatic N) is 3. The minimum Gasteiger partial charge on any atom is -0.337 e. The van der Waals surface area contributed by atoms with Crippen molar-refractivity contribution in [2.24, 2.45) is 0 Å². The van der Waals surface area contributed by atoms with E-state index in [1.807, 2.05) is 19.0 Å². The first-order valence-corrected chi connectivity index (χ1v) is 10.7.